The largest absolute Gasteiger partial charge is 0.378 e. The van der Waals surface area contributed by atoms with Gasteiger partial charge in [-0.3, -0.25) is 0 Å². The number of benzene rings is 2. The summed E-state index contributed by atoms with van der Waals surface area (Å²) in [6.07, 6.45) is 0. The van der Waals surface area contributed by atoms with Crippen molar-refractivity contribution >= 4 is 32.4 Å². The van der Waals surface area contributed by atoms with Gasteiger partial charge in [0.1, 0.15) is 0 Å². The molecule has 3 aromatic rings. The topological polar surface area (TPSA) is 55.6 Å². The van der Waals surface area contributed by atoms with Crippen LogP contribution in [-0.2, 0) is 13.6 Å². The first kappa shape index (κ1) is 12.1. The predicted octanol–water partition coefficient (Wildman–Crippen LogP) is 2.74. The molecule has 1 heterocycles. The van der Waals surface area contributed by atoms with Crippen molar-refractivity contribution in [1.82, 2.24) is 20.2 Å². The number of aromatic nitrogens is 4. The number of hydrogen-bond acceptors (Lipinski definition) is 4. The van der Waals surface area contributed by atoms with E-state index in [0.29, 0.717) is 12.4 Å². The molecule has 1 aromatic heterocycles. The van der Waals surface area contributed by atoms with Crippen molar-refractivity contribution in [3.63, 3.8) is 0 Å². The van der Waals surface area contributed by atoms with Crippen molar-refractivity contribution in [2.45, 2.75) is 6.54 Å². The summed E-state index contributed by atoms with van der Waals surface area (Å²) in [5.74, 6) is 0.679. The fourth-order valence-electron chi connectivity index (χ4n) is 1.90. The van der Waals surface area contributed by atoms with Crippen molar-refractivity contribution in [2.24, 2.45) is 7.05 Å². The smallest absolute Gasteiger partial charge is 0.193 e. The molecule has 0 aliphatic heterocycles. The Morgan fingerprint density at radius 3 is 2.74 bits per heavy atom. The van der Waals surface area contributed by atoms with Crippen LogP contribution in [0.2, 0.25) is 0 Å². The fourth-order valence-corrected chi connectivity index (χ4v) is 2.28. The van der Waals surface area contributed by atoms with Gasteiger partial charge in [-0.25, -0.2) is 0 Å². The highest BCUT2D eigenvalue weighted by atomic mass is 79.9. The van der Waals surface area contributed by atoms with Gasteiger partial charge < -0.3 is 5.32 Å². The van der Waals surface area contributed by atoms with Crippen molar-refractivity contribution in [3.05, 3.63) is 46.7 Å². The van der Waals surface area contributed by atoms with E-state index in [9.17, 15) is 0 Å². The number of aryl methyl sites for hydroxylation is 1. The second kappa shape index (κ2) is 4.97. The average Bonchev–Trinajstić information content (AvgIpc) is 2.82. The molecule has 5 nitrogen and oxygen atoms in total. The lowest BCUT2D eigenvalue weighted by atomic mass is 10.1. The molecule has 0 fully saturated rings. The Morgan fingerprint density at radius 1 is 1.16 bits per heavy atom. The molecular weight excluding hydrogens is 306 g/mol. The minimum atomic E-state index is 0.565. The summed E-state index contributed by atoms with van der Waals surface area (Å²) in [6.45, 7) is 0.565. The number of fused-ring (bicyclic) bond motifs is 1. The van der Waals surface area contributed by atoms with E-state index in [1.807, 2.05) is 12.1 Å². The normalized spacial score (nSPS) is 10.8. The van der Waals surface area contributed by atoms with Gasteiger partial charge in [0, 0.05) is 10.2 Å². The van der Waals surface area contributed by atoms with Crippen LogP contribution in [0.4, 0.5) is 5.69 Å². The van der Waals surface area contributed by atoms with Crippen LogP contribution in [0.15, 0.2) is 40.9 Å². The third kappa shape index (κ3) is 2.73. The van der Waals surface area contributed by atoms with Gasteiger partial charge in [-0.15, -0.1) is 10.2 Å². The van der Waals surface area contributed by atoms with Crippen LogP contribution < -0.4 is 5.32 Å². The lowest BCUT2D eigenvalue weighted by molar-refractivity contribution is 0.628. The molecule has 3 rings (SSSR count). The summed E-state index contributed by atoms with van der Waals surface area (Å²) in [7, 11) is 1.75. The molecule has 2 aromatic carbocycles. The molecule has 0 aliphatic rings. The lowest BCUT2D eigenvalue weighted by Crippen LogP contribution is -2.02. The van der Waals surface area contributed by atoms with Gasteiger partial charge >= 0.3 is 0 Å². The molecule has 6 heteroatoms. The quantitative estimate of drug-likeness (QED) is 0.807. The second-order valence-electron chi connectivity index (χ2n) is 4.25. The number of halogens is 1. The third-order valence-corrected chi connectivity index (χ3v) is 3.30. The first-order chi connectivity index (χ1) is 9.20. The van der Waals surface area contributed by atoms with Gasteiger partial charge in [0.25, 0.3) is 0 Å². The van der Waals surface area contributed by atoms with E-state index in [0.717, 1.165) is 10.2 Å². The zero-order chi connectivity index (χ0) is 13.2. The molecule has 1 N–H and O–H groups in total. The maximum atomic E-state index is 4.13. The molecule has 0 radical (unpaired) electrons. The molecular formula is C13H12BrN5. The Balaban J connectivity index is 1.79. The van der Waals surface area contributed by atoms with E-state index in [1.54, 1.807) is 7.05 Å². The Hall–Kier alpha value is -1.95. The van der Waals surface area contributed by atoms with Crippen molar-refractivity contribution in [3.8, 4) is 0 Å². The molecule has 96 valence electrons. The van der Waals surface area contributed by atoms with Crippen LogP contribution in [-0.4, -0.2) is 20.2 Å². The summed E-state index contributed by atoms with van der Waals surface area (Å²) in [4.78, 5) is 1.45. The highest BCUT2D eigenvalue weighted by Crippen LogP contribution is 2.23. The Bertz CT molecular complexity index is 722. The Labute approximate surface area is 118 Å². The summed E-state index contributed by atoms with van der Waals surface area (Å²) >= 11 is 3.47. The first-order valence-corrected chi connectivity index (χ1v) is 6.66. The molecule has 0 saturated carbocycles. The lowest BCUT2D eigenvalue weighted by Gasteiger charge is -2.05. The Kier molecular flexibility index (Phi) is 3.16. The van der Waals surface area contributed by atoms with Gasteiger partial charge in [0.2, 0.25) is 0 Å². The van der Waals surface area contributed by atoms with Gasteiger partial charge in [0.05, 0.1) is 13.6 Å². The zero-order valence-electron chi connectivity index (χ0n) is 10.3. The van der Waals surface area contributed by atoms with Gasteiger partial charge in [-0.2, -0.15) is 4.80 Å². The van der Waals surface area contributed by atoms with Crippen LogP contribution >= 0.6 is 15.9 Å². The predicted molar refractivity (Wildman–Crippen MR) is 77.8 cm³/mol. The number of rotatable bonds is 3. The van der Waals surface area contributed by atoms with Crippen LogP contribution in [0.25, 0.3) is 10.8 Å². The van der Waals surface area contributed by atoms with Crippen LogP contribution in [0, 0.1) is 0 Å². The maximum Gasteiger partial charge on any atom is 0.193 e. The van der Waals surface area contributed by atoms with E-state index in [1.165, 1.54) is 15.6 Å². The summed E-state index contributed by atoms with van der Waals surface area (Å²) in [6, 6.07) is 12.5. The monoisotopic (exact) mass is 317 g/mol. The van der Waals surface area contributed by atoms with Crippen molar-refractivity contribution in [2.75, 3.05) is 5.32 Å². The van der Waals surface area contributed by atoms with E-state index < -0.39 is 0 Å². The zero-order valence-corrected chi connectivity index (χ0v) is 11.9. The van der Waals surface area contributed by atoms with Crippen LogP contribution in [0.5, 0.6) is 0 Å². The Morgan fingerprint density at radius 2 is 1.95 bits per heavy atom. The van der Waals surface area contributed by atoms with Gasteiger partial charge in [-0.1, -0.05) is 28.1 Å². The highest BCUT2D eigenvalue weighted by molar-refractivity contribution is 9.10. The van der Waals surface area contributed by atoms with Gasteiger partial charge in [-0.05, 0) is 40.3 Å². The molecule has 19 heavy (non-hydrogen) atoms. The highest BCUT2D eigenvalue weighted by Gasteiger charge is 2.01. The summed E-state index contributed by atoms with van der Waals surface area (Å²) in [5, 5.41) is 17.6. The molecule has 0 atom stereocenters. The van der Waals surface area contributed by atoms with Crippen LogP contribution in [0.3, 0.4) is 0 Å². The van der Waals surface area contributed by atoms with E-state index in [-0.39, 0.29) is 0 Å². The molecule has 0 unspecified atom stereocenters. The number of hydrogen-bond donors (Lipinski definition) is 1. The van der Waals surface area contributed by atoms with E-state index in [2.05, 4.69) is 60.9 Å². The number of tetrazole rings is 1. The minimum Gasteiger partial charge on any atom is -0.378 e. The summed E-state index contributed by atoms with van der Waals surface area (Å²) < 4.78 is 1.09. The molecule has 0 spiro atoms. The van der Waals surface area contributed by atoms with Gasteiger partial charge in [0.15, 0.2) is 5.82 Å². The van der Waals surface area contributed by atoms with E-state index in [4.69, 9.17) is 0 Å². The van der Waals surface area contributed by atoms with E-state index >= 15 is 0 Å². The molecule has 0 aliphatic carbocycles. The molecule has 0 saturated heterocycles. The minimum absolute atomic E-state index is 0.565. The van der Waals surface area contributed by atoms with Crippen molar-refractivity contribution in [1.29, 1.82) is 0 Å². The standard InChI is InChI=1S/C13H12BrN5/c1-19-17-13(16-18-19)8-15-12-5-3-9-6-11(14)4-2-10(9)7-12/h2-7,15H,8H2,1H3. The van der Waals surface area contributed by atoms with Crippen molar-refractivity contribution < 1.29 is 0 Å². The SMILES string of the molecule is Cn1nnc(CNc2ccc3cc(Br)ccc3c2)n1. The number of nitrogens with zero attached hydrogens (tertiary/aromatic N) is 4. The molecule has 0 amide bonds. The maximum absolute atomic E-state index is 4.13. The number of nitrogens with one attached hydrogen (secondary N) is 1. The fraction of sp³-hybridized carbons (Fsp3) is 0.154. The number of anilines is 1. The average molecular weight is 318 g/mol. The first-order valence-electron chi connectivity index (χ1n) is 5.87. The third-order valence-electron chi connectivity index (χ3n) is 2.80. The molecule has 0 bridgehead atoms. The summed E-state index contributed by atoms with van der Waals surface area (Å²) in [5.41, 5.74) is 1.04. The second-order valence-corrected chi connectivity index (χ2v) is 5.17. The van der Waals surface area contributed by atoms with Crippen LogP contribution in [0.1, 0.15) is 5.82 Å².